The molecule has 1 aliphatic rings. The van der Waals surface area contributed by atoms with Crippen molar-refractivity contribution in [3.8, 4) is 0 Å². The second-order valence-corrected chi connectivity index (χ2v) is 6.58. The molecular formula is C19H20FN7. The fourth-order valence-corrected chi connectivity index (χ4v) is 3.28. The van der Waals surface area contributed by atoms with E-state index in [-0.39, 0.29) is 5.82 Å². The Labute approximate surface area is 156 Å². The van der Waals surface area contributed by atoms with Gasteiger partial charge in [0.25, 0.3) is 0 Å². The lowest BCUT2D eigenvalue weighted by atomic mass is 9.95. The molecule has 27 heavy (non-hydrogen) atoms. The number of anilines is 2. The van der Waals surface area contributed by atoms with Gasteiger partial charge in [0.05, 0.1) is 36.2 Å². The summed E-state index contributed by atoms with van der Waals surface area (Å²) in [5.41, 5.74) is 1.86. The summed E-state index contributed by atoms with van der Waals surface area (Å²) < 4.78 is 13.0. The summed E-state index contributed by atoms with van der Waals surface area (Å²) in [6, 6.07) is 3.20. The third-order valence-electron chi connectivity index (χ3n) is 4.59. The minimum absolute atomic E-state index is 0.305. The molecule has 1 fully saturated rings. The lowest BCUT2D eigenvalue weighted by molar-refractivity contribution is 0.196. The summed E-state index contributed by atoms with van der Waals surface area (Å²) in [6.07, 6.45) is 11.9. The van der Waals surface area contributed by atoms with Gasteiger partial charge in [-0.3, -0.25) is 19.9 Å². The molecule has 7 nitrogen and oxygen atoms in total. The molecule has 8 heteroatoms. The van der Waals surface area contributed by atoms with Gasteiger partial charge in [0.2, 0.25) is 0 Å². The number of halogens is 1. The second-order valence-electron chi connectivity index (χ2n) is 6.58. The van der Waals surface area contributed by atoms with Crippen LogP contribution in [0.4, 0.5) is 16.0 Å². The standard InChI is InChI=1S/C19H20FN7/c20-15-3-4-16(23-8-15)13-27-7-1-2-14(12-27)17-9-25-19(11-24-17)26-18-10-21-5-6-22-18/h3-6,8-11,14H,1-2,7,12-13H2,(H,22,25,26). The molecule has 1 atom stereocenters. The number of nitrogens with one attached hydrogen (secondary N) is 1. The van der Waals surface area contributed by atoms with Gasteiger partial charge in [0.1, 0.15) is 17.5 Å². The fraction of sp³-hybridized carbons (Fsp3) is 0.316. The normalized spacial score (nSPS) is 17.6. The average molecular weight is 365 g/mol. The maximum Gasteiger partial charge on any atom is 0.150 e. The molecule has 1 unspecified atom stereocenters. The molecule has 0 bridgehead atoms. The second kappa shape index (κ2) is 8.13. The zero-order valence-corrected chi connectivity index (χ0v) is 14.8. The van der Waals surface area contributed by atoms with Gasteiger partial charge in [-0.1, -0.05) is 0 Å². The van der Waals surface area contributed by atoms with E-state index in [0.29, 0.717) is 17.6 Å². The minimum atomic E-state index is -0.305. The van der Waals surface area contributed by atoms with E-state index in [1.54, 1.807) is 30.9 Å². The lowest BCUT2D eigenvalue weighted by Gasteiger charge is -2.32. The molecule has 138 valence electrons. The zero-order valence-electron chi connectivity index (χ0n) is 14.8. The van der Waals surface area contributed by atoms with E-state index in [0.717, 1.165) is 43.9 Å². The Morgan fingerprint density at radius 3 is 2.67 bits per heavy atom. The predicted molar refractivity (Wildman–Crippen MR) is 98.8 cm³/mol. The van der Waals surface area contributed by atoms with Crippen molar-refractivity contribution in [3.63, 3.8) is 0 Å². The van der Waals surface area contributed by atoms with E-state index in [1.807, 2.05) is 6.20 Å². The monoisotopic (exact) mass is 365 g/mol. The molecule has 1 aliphatic heterocycles. The van der Waals surface area contributed by atoms with Crippen molar-refractivity contribution in [3.05, 3.63) is 66.5 Å². The van der Waals surface area contributed by atoms with Gasteiger partial charge in [-0.2, -0.15) is 0 Å². The maximum absolute atomic E-state index is 13.0. The van der Waals surface area contributed by atoms with E-state index < -0.39 is 0 Å². The molecule has 1 saturated heterocycles. The quantitative estimate of drug-likeness (QED) is 0.744. The zero-order chi connectivity index (χ0) is 18.5. The van der Waals surface area contributed by atoms with E-state index in [2.05, 4.69) is 35.1 Å². The number of hydrogen-bond donors (Lipinski definition) is 1. The Morgan fingerprint density at radius 1 is 1.00 bits per heavy atom. The molecule has 0 radical (unpaired) electrons. The molecule has 0 amide bonds. The highest BCUT2D eigenvalue weighted by Crippen LogP contribution is 2.26. The lowest BCUT2D eigenvalue weighted by Crippen LogP contribution is -2.34. The van der Waals surface area contributed by atoms with Crippen LogP contribution in [0.25, 0.3) is 0 Å². The first kappa shape index (κ1) is 17.4. The molecule has 0 spiro atoms. The van der Waals surface area contributed by atoms with Crippen LogP contribution in [0.15, 0.2) is 49.3 Å². The van der Waals surface area contributed by atoms with Crippen LogP contribution in [0.2, 0.25) is 0 Å². The molecule has 0 aliphatic carbocycles. The minimum Gasteiger partial charge on any atom is -0.322 e. The van der Waals surface area contributed by atoms with Crippen LogP contribution in [-0.4, -0.2) is 42.9 Å². The Kier molecular flexibility index (Phi) is 5.24. The molecule has 3 aromatic rings. The van der Waals surface area contributed by atoms with Gasteiger partial charge >= 0.3 is 0 Å². The highest BCUT2D eigenvalue weighted by atomic mass is 19.1. The van der Waals surface area contributed by atoms with Crippen molar-refractivity contribution in [2.75, 3.05) is 18.4 Å². The maximum atomic E-state index is 13.0. The molecule has 4 rings (SSSR count). The molecule has 4 heterocycles. The van der Waals surface area contributed by atoms with Crippen molar-refractivity contribution in [1.82, 2.24) is 29.8 Å². The number of hydrogen-bond acceptors (Lipinski definition) is 7. The third kappa shape index (κ3) is 4.59. The van der Waals surface area contributed by atoms with Gasteiger partial charge in [-0.15, -0.1) is 0 Å². The van der Waals surface area contributed by atoms with E-state index in [4.69, 9.17) is 0 Å². The molecular weight excluding hydrogens is 345 g/mol. The molecule has 0 saturated carbocycles. The van der Waals surface area contributed by atoms with Crippen molar-refractivity contribution < 1.29 is 4.39 Å². The fourth-order valence-electron chi connectivity index (χ4n) is 3.28. The predicted octanol–water partition coefficient (Wildman–Crippen LogP) is 2.92. The van der Waals surface area contributed by atoms with Crippen LogP contribution in [0, 0.1) is 5.82 Å². The van der Waals surface area contributed by atoms with Crippen LogP contribution >= 0.6 is 0 Å². The Balaban J connectivity index is 1.38. The summed E-state index contributed by atoms with van der Waals surface area (Å²) in [6.45, 7) is 2.62. The number of pyridine rings is 1. The first-order chi connectivity index (χ1) is 13.3. The van der Waals surface area contributed by atoms with Gasteiger partial charge < -0.3 is 5.32 Å². The number of aromatic nitrogens is 5. The Hall–Kier alpha value is -3.00. The highest BCUT2D eigenvalue weighted by molar-refractivity contribution is 5.48. The Bertz CT molecular complexity index is 855. The van der Waals surface area contributed by atoms with Crippen LogP contribution in [0.3, 0.4) is 0 Å². The first-order valence-electron chi connectivity index (χ1n) is 8.94. The largest absolute Gasteiger partial charge is 0.322 e. The van der Waals surface area contributed by atoms with Gasteiger partial charge in [0.15, 0.2) is 0 Å². The van der Waals surface area contributed by atoms with E-state index >= 15 is 0 Å². The SMILES string of the molecule is Fc1ccc(CN2CCCC(c3cnc(Nc4cnccn4)cn3)C2)nc1. The number of piperidine rings is 1. The summed E-state index contributed by atoms with van der Waals surface area (Å²) in [5, 5.41) is 3.08. The molecule has 3 aromatic heterocycles. The average Bonchev–Trinajstić information content (AvgIpc) is 2.71. The number of nitrogens with zero attached hydrogens (tertiary/aromatic N) is 6. The molecule has 0 aromatic carbocycles. The van der Waals surface area contributed by atoms with Crippen molar-refractivity contribution in [2.24, 2.45) is 0 Å². The highest BCUT2D eigenvalue weighted by Gasteiger charge is 2.23. The number of rotatable bonds is 5. The summed E-state index contributed by atoms with van der Waals surface area (Å²) in [4.78, 5) is 23.7. The summed E-state index contributed by atoms with van der Waals surface area (Å²) >= 11 is 0. The van der Waals surface area contributed by atoms with Crippen LogP contribution in [0.5, 0.6) is 0 Å². The smallest absolute Gasteiger partial charge is 0.150 e. The topological polar surface area (TPSA) is 79.7 Å². The first-order valence-corrected chi connectivity index (χ1v) is 8.94. The third-order valence-corrected chi connectivity index (χ3v) is 4.59. The van der Waals surface area contributed by atoms with Crippen LogP contribution in [0.1, 0.15) is 30.1 Å². The van der Waals surface area contributed by atoms with Gasteiger partial charge in [0, 0.05) is 31.4 Å². The van der Waals surface area contributed by atoms with E-state index in [9.17, 15) is 4.39 Å². The summed E-state index contributed by atoms with van der Waals surface area (Å²) in [7, 11) is 0. The summed E-state index contributed by atoms with van der Waals surface area (Å²) in [5.74, 6) is 1.30. The van der Waals surface area contributed by atoms with Gasteiger partial charge in [-0.05, 0) is 31.5 Å². The molecule has 1 N–H and O–H groups in total. The van der Waals surface area contributed by atoms with Crippen LogP contribution in [-0.2, 0) is 6.54 Å². The van der Waals surface area contributed by atoms with Crippen molar-refractivity contribution in [2.45, 2.75) is 25.3 Å². The van der Waals surface area contributed by atoms with E-state index in [1.165, 1.54) is 12.3 Å². The van der Waals surface area contributed by atoms with Gasteiger partial charge in [-0.25, -0.2) is 14.4 Å². The number of likely N-dealkylation sites (tertiary alicyclic amines) is 1. The van der Waals surface area contributed by atoms with Crippen molar-refractivity contribution >= 4 is 11.6 Å². The Morgan fingerprint density at radius 2 is 1.93 bits per heavy atom. The van der Waals surface area contributed by atoms with Crippen molar-refractivity contribution in [1.29, 1.82) is 0 Å². The van der Waals surface area contributed by atoms with Crippen LogP contribution < -0.4 is 5.32 Å².